The Morgan fingerprint density at radius 1 is 1.19 bits per heavy atom. The van der Waals surface area contributed by atoms with Gasteiger partial charge >= 0.3 is 6.18 Å². The van der Waals surface area contributed by atoms with Gasteiger partial charge in [0.2, 0.25) is 5.50 Å². The third-order valence-corrected chi connectivity index (χ3v) is 2.67. The highest BCUT2D eigenvalue weighted by Crippen LogP contribution is 2.26. The van der Waals surface area contributed by atoms with Crippen molar-refractivity contribution >= 4 is 41.0 Å². The second-order valence-electron chi connectivity index (χ2n) is 2.83. The number of alkyl halides is 4. The molecule has 0 heterocycles. The van der Waals surface area contributed by atoms with E-state index < -0.39 is 11.7 Å². The van der Waals surface area contributed by atoms with Crippen LogP contribution in [0.1, 0.15) is 5.56 Å². The molecule has 1 aromatic rings. The average Bonchev–Trinajstić information content (AvgIpc) is 2.18. The van der Waals surface area contributed by atoms with Gasteiger partial charge in [-0.25, -0.2) is 0 Å². The van der Waals surface area contributed by atoms with Crippen LogP contribution in [0.3, 0.4) is 0 Å². The van der Waals surface area contributed by atoms with E-state index in [0.717, 1.165) is 6.21 Å². The second kappa shape index (κ2) is 5.25. The molecule has 0 radical (unpaired) electrons. The van der Waals surface area contributed by atoms with Crippen LogP contribution in [0.15, 0.2) is 23.2 Å². The summed E-state index contributed by atoms with van der Waals surface area (Å²) < 4.78 is 36.0. The first kappa shape index (κ1) is 13.6. The number of hydrogen-bond acceptors (Lipinski definition) is 1. The van der Waals surface area contributed by atoms with E-state index in [1.54, 1.807) is 0 Å². The molecule has 1 atom stereocenters. The molecule has 0 saturated heterocycles. The smallest absolute Gasteiger partial charge is 0.264 e. The molecule has 0 aromatic heterocycles. The molecule has 0 spiro atoms. The van der Waals surface area contributed by atoms with E-state index in [9.17, 15) is 13.2 Å². The lowest BCUT2D eigenvalue weighted by Gasteiger charge is -2.08. The van der Waals surface area contributed by atoms with Crippen LogP contribution < -0.4 is 0 Å². The fourth-order valence-corrected chi connectivity index (χ4v) is 1.19. The minimum atomic E-state index is -4.56. The summed E-state index contributed by atoms with van der Waals surface area (Å²) in [6, 6.07) is 4.34. The van der Waals surface area contributed by atoms with Gasteiger partial charge in [0.15, 0.2) is 0 Å². The molecule has 88 valence electrons. The van der Waals surface area contributed by atoms with E-state index in [1.165, 1.54) is 18.2 Å². The fourth-order valence-electron chi connectivity index (χ4n) is 0.829. The van der Waals surface area contributed by atoms with Crippen molar-refractivity contribution in [3.8, 4) is 0 Å². The van der Waals surface area contributed by atoms with Gasteiger partial charge in [-0.05, 0) is 17.7 Å². The summed E-state index contributed by atoms with van der Waals surface area (Å²) in [6.45, 7) is 0. The van der Waals surface area contributed by atoms with E-state index in [1.807, 2.05) is 0 Å². The van der Waals surface area contributed by atoms with Gasteiger partial charge in [-0.3, -0.25) is 4.99 Å². The first-order chi connectivity index (χ1) is 7.30. The molecule has 1 unspecified atom stereocenters. The van der Waals surface area contributed by atoms with Crippen molar-refractivity contribution < 1.29 is 13.2 Å². The molecule has 0 N–H and O–H groups in total. The van der Waals surface area contributed by atoms with Crippen LogP contribution >= 0.6 is 34.8 Å². The molecule has 0 bridgehead atoms. The second-order valence-corrected chi connectivity index (χ2v) is 4.06. The Morgan fingerprint density at radius 3 is 2.31 bits per heavy atom. The Bertz CT molecular complexity index is 403. The highest BCUT2D eigenvalue weighted by atomic mass is 35.5. The van der Waals surface area contributed by atoms with Crippen LogP contribution in [0, 0.1) is 0 Å². The van der Waals surface area contributed by atoms with E-state index >= 15 is 0 Å². The molecule has 0 aliphatic rings. The quantitative estimate of drug-likeness (QED) is 0.431. The minimum Gasteiger partial charge on any atom is -0.264 e. The standard InChI is InChI=1S/C9H5Cl3F3N/c10-6-2-1-5(3-7(6)11)4-16-8(12)9(13,14)15/h1-4,8H/b16-4+. The molecule has 1 aromatic carbocycles. The predicted octanol–water partition coefficient (Wildman–Crippen LogP) is 4.54. The van der Waals surface area contributed by atoms with Gasteiger partial charge in [-0.15, -0.1) is 0 Å². The van der Waals surface area contributed by atoms with Crippen molar-refractivity contribution in [1.29, 1.82) is 0 Å². The van der Waals surface area contributed by atoms with Crippen LogP contribution in [0.4, 0.5) is 13.2 Å². The summed E-state index contributed by atoms with van der Waals surface area (Å²) in [7, 11) is 0. The van der Waals surface area contributed by atoms with E-state index in [2.05, 4.69) is 4.99 Å². The van der Waals surface area contributed by atoms with Crippen molar-refractivity contribution in [2.24, 2.45) is 4.99 Å². The van der Waals surface area contributed by atoms with Gasteiger partial charge in [0.25, 0.3) is 0 Å². The Labute approximate surface area is 105 Å². The fraction of sp³-hybridized carbons (Fsp3) is 0.222. The number of aliphatic imine (C=N–C) groups is 1. The Morgan fingerprint density at radius 2 is 1.81 bits per heavy atom. The van der Waals surface area contributed by atoms with E-state index in [4.69, 9.17) is 34.8 Å². The highest BCUT2D eigenvalue weighted by molar-refractivity contribution is 6.42. The van der Waals surface area contributed by atoms with Crippen molar-refractivity contribution in [3.05, 3.63) is 33.8 Å². The third kappa shape index (κ3) is 3.85. The number of nitrogens with zero attached hydrogens (tertiary/aromatic N) is 1. The average molecular weight is 290 g/mol. The highest BCUT2D eigenvalue weighted by Gasteiger charge is 2.37. The zero-order valence-corrected chi connectivity index (χ0v) is 9.87. The van der Waals surface area contributed by atoms with Gasteiger partial charge in [-0.2, -0.15) is 13.2 Å². The van der Waals surface area contributed by atoms with Crippen LogP contribution in [-0.4, -0.2) is 17.9 Å². The summed E-state index contributed by atoms with van der Waals surface area (Å²) in [5.41, 5.74) is -1.87. The van der Waals surface area contributed by atoms with Crippen LogP contribution in [0.25, 0.3) is 0 Å². The normalized spacial score (nSPS) is 14.4. The maximum Gasteiger partial charge on any atom is 0.424 e. The zero-order valence-electron chi connectivity index (χ0n) is 7.60. The van der Waals surface area contributed by atoms with Crippen molar-refractivity contribution in [3.63, 3.8) is 0 Å². The first-order valence-corrected chi connectivity index (χ1v) is 5.19. The minimum absolute atomic E-state index is 0.240. The van der Waals surface area contributed by atoms with Gasteiger partial charge in [0, 0.05) is 6.21 Å². The maximum absolute atomic E-state index is 12.0. The van der Waals surface area contributed by atoms with Gasteiger partial charge in [0.05, 0.1) is 10.0 Å². The number of rotatable bonds is 2. The lowest BCUT2D eigenvalue weighted by atomic mass is 10.2. The zero-order chi connectivity index (χ0) is 12.3. The topological polar surface area (TPSA) is 12.4 Å². The number of hydrogen-bond donors (Lipinski definition) is 0. The third-order valence-electron chi connectivity index (χ3n) is 1.57. The number of benzene rings is 1. The molecule has 0 amide bonds. The van der Waals surface area contributed by atoms with Crippen LogP contribution in [0.5, 0.6) is 0 Å². The molecular weight excluding hydrogens is 285 g/mol. The first-order valence-electron chi connectivity index (χ1n) is 3.99. The van der Waals surface area contributed by atoms with Crippen molar-refractivity contribution in [2.45, 2.75) is 11.7 Å². The summed E-state index contributed by atoms with van der Waals surface area (Å²) in [4.78, 5) is 3.15. The van der Waals surface area contributed by atoms with E-state index in [-0.39, 0.29) is 5.02 Å². The van der Waals surface area contributed by atoms with Crippen LogP contribution in [-0.2, 0) is 0 Å². The van der Waals surface area contributed by atoms with E-state index in [0.29, 0.717) is 10.6 Å². The molecule has 0 saturated carbocycles. The summed E-state index contributed by atoms with van der Waals surface area (Å²) in [5.74, 6) is 0. The van der Waals surface area contributed by atoms with Crippen molar-refractivity contribution in [2.75, 3.05) is 0 Å². The molecule has 0 aliphatic carbocycles. The Hall–Kier alpha value is -0.450. The van der Waals surface area contributed by atoms with Crippen LogP contribution in [0.2, 0.25) is 10.0 Å². The molecular formula is C9H5Cl3F3N. The van der Waals surface area contributed by atoms with Gasteiger partial charge in [0.1, 0.15) is 0 Å². The summed E-state index contributed by atoms with van der Waals surface area (Å²) in [5, 5.41) is 0.556. The largest absolute Gasteiger partial charge is 0.424 e. The lowest BCUT2D eigenvalue weighted by molar-refractivity contribution is -0.128. The Balaban J connectivity index is 2.81. The van der Waals surface area contributed by atoms with Gasteiger partial charge in [-0.1, -0.05) is 40.9 Å². The molecule has 16 heavy (non-hydrogen) atoms. The summed E-state index contributed by atoms with van der Waals surface area (Å²) in [6.07, 6.45) is -3.57. The number of halogens is 6. The van der Waals surface area contributed by atoms with Crippen molar-refractivity contribution in [1.82, 2.24) is 0 Å². The predicted molar refractivity (Wildman–Crippen MR) is 59.8 cm³/mol. The lowest BCUT2D eigenvalue weighted by Crippen LogP contribution is -2.21. The molecule has 0 aliphatic heterocycles. The summed E-state index contributed by atoms with van der Waals surface area (Å²) >= 11 is 16.3. The monoisotopic (exact) mass is 289 g/mol. The molecule has 0 fully saturated rings. The molecule has 1 nitrogen and oxygen atoms in total. The van der Waals surface area contributed by atoms with Gasteiger partial charge < -0.3 is 0 Å². The SMILES string of the molecule is FC(F)(F)C(Cl)/N=C/c1ccc(Cl)c(Cl)c1. The maximum atomic E-state index is 12.0. The molecule has 1 rings (SSSR count). The Kier molecular flexibility index (Phi) is 4.47. The molecule has 7 heteroatoms.